The number of aromatic nitrogens is 2. The third-order valence-corrected chi connectivity index (χ3v) is 3.35. The highest BCUT2D eigenvalue weighted by atomic mass is 15.2. The zero-order valence-corrected chi connectivity index (χ0v) is 9.89. The number of H-pyrrole nitrogens is 1. The van der Waals surface area contributed by atoms with Crippen LogP contribution in [-0.4, -0.2) is 34.0 Å². The van der Waals surface area contributed by atoms with Gasteiger partial charge in [-0.1, -0.05) is 12.1 Å². The van der Waals surface area contributed by atoms with E-state index in [2.05, 4.69) is 20.9 Å². The molecule has 1 atom stereocenters. The van der Waals surface area contributed by atoms with Crippen LogP contribution in [0.1, 0.15) is 18.7 Å². The molecule has 1 aromatic carbocycles. The molecule has 0 radical (unpaired) electrons. The van der Waals surface area contributed by atoms with Gasteiger partial charge in [0.25, 0.3) is 0 Å². The molecule has 2 aromatic rings. The van der Waals surface area contributed by atoms with Crippen molar-refractivity contribution in [3.8, 4) is 0 Å². The third kappa shape index (κ3) is 2.33. The Bertz CT molecular complexity index is 472. The standard InChI is InChI=1S/C13H18N4/c14-10-4-3-7-17(8-10)9-13-15-11-5-1-2-6-12(11)16-13/h1-2,5-6,10H,3-4,7-9,14H2,(H,15,16)/t10-/m1/s1. The van der Waals surface area contributed by atoms with Gasteiger partial charge in [0.15, 0.2) is 0 Å². The van der Waals surface area contributed by atoms with Crippen molar-refractivity contribution in [2.45, 2.75) is 25.4 Å². The van der Waals surface area contributed by atoms with Crippen molar-refractivity contribution in [1.29, 1.82) is 0 Å². The molecule has 90 valence electrons. The van der Waals surface area contributed by atoms with Gasteiger partial charge in [0.05, 0.1) is 17.6 Å². The third-order valence-electron chi connectivity index (χ3n) is 3.35. The minimum absolute atomic E-state index is 0.327. The number of hydrogen-bond donors (Lipinski definition) is 2. The Morgan fingerprint density at radius 3 is 3.12 bits per heavy atom. The van der Waals surface area contributed by atoms with E-state index in [-0.39, 0.29) is 0 Å². The van der Waals surface area contributed by atoms with Crippen molar-refractivity contribution < 1.29 is 0 Å². The molecule has 3 rings (SSSR count). The summed E-state index contributed by atoms with van der Waals surface area (Å²) < 4.78 is 0. The number of nitrogens with two attached hydrogens (primary N) is 1. The van der Waals surface area contributed by atoms with Crippen molar-refractivity contribution in [3.05, 3.63) is 30.1 Å². The van der Waals surface area contributed by atoms with E-state index in [4.69, 9.17) is 5.73 Å². The molecule has 1 aromatic heterocycles. The van der Waals surface area contributed by atoms with Gasteiger partial charge in [-0.3, -0.25) is 4.90 Å². The lowest BCUT2D eigenvalue weighted by Crippen LogP contribution is -2.42. The normalized spacial score (nSPS) is 22.1. The summed E-state index contributed by atoms with van der Waals surface area (Å²) >= 11 is 0. The van der Waals surface area contributed by atoms with E-state index >= 15 is 0 Å². The van der Waals surface area contributed by atoms with Crippen molar-refractivity contribution in [3.63, 3.8) is 0 Å². The molecule has 4 heteroatoms. The van der Waals surface area contributed by atoms with Crippen LogP contribution in [0.4, 0.5) is 0 Å². The molecule has 1 fully saturated rings. The zero-order valence-electron chi connectivity index (χ0n) is 9.89. The minimum Gasteiger partial charge on any atom is -0.341 e. The Morgan fingerprint density at radius 2 is 2.29 bits per heavy atom. The molecule has 4 nitrogen and oxygen atoms in total. The molecule has 0 bridgehead atoms. The van der Waals surface area contributed by atoms with E-state index < -0.39 is 0 Å². The lowest BCUT2D eigenvalue weighted by molar-refractivity contribution is 0.198. The van der Waals surface area contributed by atoms with E-state index in [0.717, 1.165) is 42.9 Å². The predicted octanol–water partition coefficient (Wildman–Crippen LogP) is 1.49. The summed E-state index contributed by atoms with van der Waals surface area (Å²) in [6.07, 6.45) is 2.35. The van der Waals surface area contributed by atoms with Gasteiger partial charge in [-0.25, -0.2) is 4.98 Å². The van der Waals surface area contributed by atoms with Crippen LogP contribution in [0.2, 0.25) is 0 Å². The summed E-state index contributed by atoms with van der Waals surface area (Å²) in [4.78, 5) is 10.3. The highest BCUT2D eigenvalue weighted by Crippen LogP contribution is 2.14. The van der Waals surface area contributed by atoms with Gasteiger partial charge in [-0.2, -0.15) is 0 Å². The van der Waals surface area contributed by atoms with Crippen molar-refractivity contribution in [2.24, 2.45) is 5.73 Å². The second-order valence-electron chi connectivity index (χ2n) is 4.84. The fourth-order valence-electron chi connectivity index (χ4n) is 2.53. The number of nitrogens with one attached hydrogen (secondary N) is 1. The summed E-state index contributed by atoms with van der Waals surface area (Å²) in [5.41, 5.74) is 8.14. The molecule has 17 heavy (non-hydrogen) atoms. The van der Waals surface area contributed by atoms with E-state index in [1.54, 1.807) is 0 Å². The first-order valence-electron chi connectivity index (χ1n) is 6.23. The first-order valence-corrected chi connectivity index (χ1v) is 6.23. The molecule has 0 spiro atoms. The zero-order chi connectivity index (χ0) is 11.7. The average molecular weight is 230 g/mol. The van der Waals surface area contributed by atoms with Crippen LogP contribution in [-0.2, 0) is 6.54 Å². The van der Waals surface area contributed by atoms with Crippen LogP contribution in [0.25, 0.3) is 11.0 Å². The summed E-state index contributed by atoms with van der Waals surface area (Å²) in [5.74, 6) is 1.04. The molecule has 2 heterocycles. The van der Waals surface area contributed by atoms with Crippen LogP contribution in [0, 0.1) is 0 Å². The number of hydrogen-bond acceptors (Lipinski definition) is 3. The highest BCUT2D eigenvalue weighted by Gasteiger charge is 2.17. The van der Waals surface area contributed by atoms with Gasteiger partial charge in [0, 0.05) is 12.6 Å². The number of likely N-dealkylation sites (tertiary alicyclic amines) is 1. The molecule has 1 aliphatic heterocycles. The molecule has 0 amide bonds. The van der Waals surface area contributed by atoms with Gasteiger partial charge in [0.2, 0.25) is 0 Å². The Balaban J connectivity index is 1.75. The number of para-hydroxylation sites is 2. The largest absolute Gasteiger partial charge is 0.341 e. The molecular formula is C13H18N4. The lowest BCUT2D eigenvalue weighted by Gasteiger charge is -2.29. The lowest BCUT2D eigenvalue weighted by atomic mass is 10.1. The van der Waals surface area contributed by atoms with Crippen LogP contribution < -0.4 is 5.73 Å². The van der Waals surface area contributed by atoms with Gasteiger partial charge in [-0.05, 0) is 31.5 Å². The minimum atomic E-state index is 0.327. The molecule has 0 aliphatic carbocycles. The van der Waals surface area contributed by atoms with Crippen molar-refractivity contribution in [1.82, 2.24) is 14.9 Å². The van der Waals surface area contributed by atoms with Crippen LogP contribution in [0.15, 0.2) is 24.3 Å². The first kappa shape index (κ1) is 10.7. The van der Waals surface area contributed by atoms with Gasteiger partial charge in [-0.15, -0.1) is 0 Å². The van der Waals surface area contributed by atoms with Gasteiger partial charge >= 0.3 is 0 Å². The Labute approximate surface area is 101 Å². The van der Waals surface area contributed by atoms with Crippen LogP contribution in [0.5, 0.6) is 0 Å². The number of fused-ring (bicyclic) bond motifs is 1. The SMILES string of the molecule is N[C@@H]1CCCN(Cc2nc3ccccc3[nH]2)C1. The molecular weight excluding hydrogens is 212 g/mol. The maximum absolute atomic E-state index is 5.98. The second kappa shape index (κ2) is 4.47. The summed E-state index contributed by atoms with van der Waals surface area (Å²) in [6.45, 7) is 2.99. The maximum Gasteiger partial charge on any atom is 0.121 e. The molecule has 1 aliphatic rings. The number of piperidine rings is 1. The fourth-order valence-corrected chi connectivity index (χ4v) is 2.53. The number of nitrogens with zero attached hydrogens (tertiary/aromatic N) is 2. The van der Waals surface area contributed by atoms with E-state index in [9.17, 15) is 0 Å². The Hall–Kier alpha value is -1.39. The summed E-state index contributed by atoms with van der Waals surface area (Å²) in [5, 5.41) is 0. The van der Waals surface area contributed by atoms with E-state index in [0.29, 0.717) is 6.04 Å². The number of aromatic amines is 1. The predicted molar refractivity (Wildman–Crippen MR) is 68.6 cm³/mol. The Morgan fingerprint density at radius 1 is 1.41 bits per heavy atom. The molecule has 1 saturated heterocycles. The number of benzene rings is 1. The quantitative estimate of drug-likeness (QED) is 0.821. The van der Waals surface area contributed by atoms with Gasteiger partial charge < -0.3 is 10.7 Å². The summed E-state index contributed by atoms with van der Waals surface area (Å²) in [7, 11) is 0. The fraction of sp³-hybridized carbons (Fsp3) is 0.462. The average Bonchev–Trinajstić information content (AvgIpc) is 2.71. The van der Waals surface area contributed by atoms with Crippen LogP contribution in [0.3, 0.4) is 0 Å². The van der Waals surface area contributed by atoms with E-state index in [1.807, 2.05) is 18.2 Å². The highest BCUT2D eigenvalue weighted by molar-refractivity contribution is 5.74. The molecule has 3 N–H and O–H groups in total. The van der Waals surface area contributed by atoms with Crippen molar-refractivity contribution >= 4 is 11.0 Å². The molecule has 0 saturated carbocycles. The number of imidazole rings is 1. The monoisotopic (exact) mass is 230 g/mol. The topological polar surface area (TPSA) is 57.9 Å². The van der Waals surface area contributed by atoms with Crippen LogP contribution >= 0.6 is 0 Å². The van der Waals surface area contributed by atoms with Crippen molar-refractivity contribution in [2.75, 3.05) is 13.1 Å². The number of rotatable bonds is 2. The van der Waals surface area contributed by atoms with Gasteiger partial charge in [0.1, 0.15) is 5.82 Å². The Kier molecular flexibility index (Phi) is 2.82. The summed E-state index contributed by atoms with van der Waals surface area (Å²) in [6, 6.07) is 8.48. The second-order valence-corrected chi connectivity index (χ2v) is 4.84. The maximum atomic E-state index is 5.98. The smallest absolute Gasteiger partial charge is 0.121 e. The van der Waals surface area contributed by atoms with E-state index in [1.165, 1.54) is 6.42 Å². The first-order chi connectivity index (χ1) is 8.31. The molecule has 0 unspecified atom stereocenters.